The first kappa shape index (κ1) is 57.0. The zero-order valence-electron chi connectivity index (χ0n) is 51.1. The Bertz CT molecular complexity index is 4360. The molecule has 12 aromatic rings. The van der Waals surface area contributed by atoms with E-state index in [0.29, 0.717) is 0 Å². The third-order valence-electron chi connectivity index (χ3n) is 18.8. The van der Waals surface area contributed by atoms with Gasteiger partial charge in [-0.3, -0.25) is 9.88 Å². The van der Waals surface area contributed by atoms with Crippen LogP contribution in [0, 0.1) is 12.1 Å². The van der Waals surface area contributed by atoms with Crippen LogP contribution in [0.3, 0.4) is 0 Å². The van der Waals surface area contributed by atoms with Crippen molar-refractivity contribution in [2.24, 2.45) is 0 Å². The summed E-state index contributed by atoms with van der Waals surface area (Å²) in [5.41, 5.74) is 24.3. The Balaban J connectivity index is 0.000000154. The second-order valence-corrected chi connectivity index (χ2v) is 25.4. The summed E-state index contributed by atoms with van der Waals surface area (Å²) in [7, 11) is 0. The molecule has 0 saturated heterocycles. The van der Waals surface area contributed by atoms with Crippen molar-refractivity contribution in [2.45, 2.75) is 77.0 Å². The smallest absolute Gasteiger partial charge is 0.352 e. The van der Waals surface area contributed by atoms with Crippen molar-refractivity contribution in [3.63, 3.8) is 0 Å². The van der Waals surface area contributed by atoms with Gasteiger partial charge in [0, 0.05) is 58.2 Å². The van der Waals surface area contributed by atoms with Crippen molar-refractivity contribution in [1.82, 2.24) is 19.9 Å². The third kappa shape index (κ3) is 9.20. The summed E-state index contributed by atoms with van der Waals surface area (Å²) < 4.78 is 0. The molecule has 0 atom stereocenters. The molecule has 8 nitrogen and oxygen atoms in total. The molecule has 0 aliphatic carbocycles. The molecular weight excluding hydrogens is 1180 g/mol. The fourth-order valence-electron chi connectivity index (χ4n) is 14.2. The van der Waals surface area contributed by atoms with Crippen LogP contribution in [0.15, 0.2) is 255 Å². The molecule has 0 radical (unpaired) electrons. The largest absolute Gasteiger partial charge is 2.00 e. The quantitative estimate of drug-likeness (QED) is 0.121. The molecule has 0 fully saturated rings. The van der Waals surface area contributed by atoms with Crippen molar-refractivity contribution >= 4 is 68.5 Å². The van der Waals surface area contributed by atoms with Gasteiger partial charge in [-0.1, -0.05) is 182 Å². The van der Waals surface area contributed by atoms with Crippen LogP contribution in [0.5, 0.6) is 0 Å². The third-order valence-corrected chi connectivity index (χ3v) is 18.8. The normalized spacial score (nSPS) is 15.4. The van der Waals surface area contributed by atoms with Crippen molar-refractivity contribution in [1.29, 1.82) is 0 Å². The molecule has 16 rings (SSSR count). The van der Waals surface area contributed by atoms with Crippen LogP contribution in [-0.2, 0) is 42.1 Å². The molecule has 0 bridgehead atoms. The number of pyridine rings is 4. The van der Waals surface area contributed by atoms with Crippen LogP contribution in [0.2, 0.25) is 0 Å². The Labute approximate surface area is 536 Å². The van der Waals surface area contributed by atoms with Crippen molar-refractivity contribution in [3.8, 4) is 22.5 Å². The zero-order valence-corrected chi connectivity index (χ0v) is 52.7. The Morgan fingerprint density at radius 3 is 1.24 bits per heavy atom. The number of aromatic nitrogens is 4. The molecule has 436 valence electrons. The topological polar surface area (TPSA) is 64.5 Å². The van der Waals surface area contributed by atoms with Crippen LogP contribution < -0.4 is 19.6 Å². The van der Waals surface area contributed by atoms with E-state index >= 15 is 0 Å². The summed E-state index contributed by atoms with van der Waals surface area (Å²) in [6.45, 7) is 18.7. The van der Waals surface area contributed by atoms with Crippen molar-refractivity contribution in [3.05, 3.63) is 312 Å². The molecule has 0 unspecified atom stereocenters. The van der Waals surface area contributed by atoms with E-state index in [-0.39, 0.29) is 42.1 Å². The van der Waals surface area contributed by atoms with Gasteiger partial charge in [0.05, 0.1) is 28.4 Å². The van der Waals surface area contributed by atoms with Gasteiger partial charge in [0.25, 0.3) is 0 Å². The molecule has 8 heterocycles. The first-order valence-corrected chi connectivity index (χ1v) is 30.4. The average Bonchev–Trinajstić information content (AvgIpc) is 0.928. The van der Waals surface area contributed by atoms with E-state index < -0.39 is 0 Å². The molecule has 4 aromatic heterocycles. The van der Waals surface area contributed by atoms with Gasteiger partial charge >= 0.3 is 20.4 Å². The maximum atomic E-state index is 4.85. The second-order valence-electron chi connectivity index (χ2n) is 25.4. The minimum Gasteiger partial charge on any atom is -0.352 e. The molecule has 4 aliphatic rings. The Hall–Kier alpha value is -9.78. The van der Waals surface area contributed by atoms with E-state index in [9.17, 15) is 0 Å². The summed E-state index contributed by atoms with van der Waals surface area (Å²) in [5, 5.41) is 0. The van der Waals surface area contributed by atoms with Crippen LogP contribution in [-0.4, -0.2) is 19.9 Å². The van der Waals surface area contributed by atoms with Gasteiger partial charge in [0.15, 0.2) is 0 Å². The van der Waals surface area contributed by atoms with Gasteiger partial charge in [-0.25, -0.2) is 9.97 Å². The number of benzene rings is 8. The minimum atomic E-state index is -0.255. The Morgan fingerprint density at radius 2 is 0.708 bits per heavy atom. The summed E-state index contributed by atoms with van der Waals surface area (Å²) in [5.74, 6) is 1.79. The van der Waals surface area contributed by atoms with Gasteiger partial charge in [-0.2, -0.15) is 6.07 Å². The molecule has 89 heavy (non-hydrogen) atoms. The van der Waals surface area contributed by atoms with E-state index in [1.807, 2.05) is 73.3 Å². The molecule has 0 N–H and O–H groups in total. The van der Waals surface area contributed by atoms with Crippen molar-refractivity contribution < 1.29 is 20.4 Å². The van der Waals surface area contributed by atoms with Crippen LogP contribution in [0.25, 0.3) is 22.5 Å². The van der Waals surface area contributed by atoms with Gasteiger partial charge in [-0.05, 0) is 147 Å². The first-order valence-electron chi connectivity index (χ1n) is 30.4. The van der Waals surface area contributed by atoms with Gasteiger partial charge < -0.3 is 19.7 Å². The van der Waals surface area contributed by atoms with E-state index in [1.165, 1.54) is 61.6 Å². The van der Waals surface area contributed by atoms with E-state index in [0.717, 1.165) is 74.0 Å². The molecule has 9 heteroatoms. The number of para-hydroxylation sites is 4. The summed E-state index contributed by atoms with van der Waals surface area (Å²) in [6.07, 6.45) is 7.42. The molecule has 0 amide bonds. The minimum absolute atomic E-state index is 0. The molecule has 4 aliphatic heterocycles. The number of rotatable bonds is 6. The Morgan fingerprint density at radius 1 is 0.292 bits per heavy atom. The number of hydrogen-bond acceptors (Lipinski definition) is 8. The van der Waals surface area contributed by atoms with Gasteiger partial charge in [-0.15, -0.1) is 47.0 Å². The fourth-order valence-corrected chi connectivity index (χ4v) is 14.2. The zero-order chi connectivity index (χ0) is 60.1. The predicted octanol–water partition coefficient (Wildman–Crippen LogP) is 20.3. The van der Waals surface area contributed by atoms with Gasteiger partial charge in [0.2, 0.25) is 0 Å². The van der Waals surface area contributed by atoms with Gasteiger partial charge in [0.1, 0.15) is 11.6 Å². The monoisotopic (exact) mass is 1240 g/mol. The number of anilines is 12. The maximum Gasteiger partial charge on any atom is 2.00 e. The fraction of sp³-hybridized carbons (Fsp3) is 0.150. The summed E-state index contributed by atoms with van der Waals surface area (Å²) in [4.78, 5) is 28.3. The second kappa shape index (κ2) is 21.8. The molecule has 0 spiro atoms. The molecule has 8 aromatic carbocycles. The maximum absolute atomic E-state index is 4.85. The van der Waals surface area contributed by atoms with Crippen LogP contribution in [0.4, 0.5) is 68.5 Å². The first-order chi connectivity index (χ1) is 42.7. The number of hydrogen-bond donors (Lipinski definition) is 0. The summed E-state index contributed by atoms with van der Waals surface area (Å²) in [6, 6.07) is 89.4. The SMILES string of the molecule is CC1(C)c2cc3c([c-]c2N(c2[c-]c(-c4ccccn4)ccc2)c2ccccc21)N(c1ccccn1)c1ccccc1C3(C)C.CC1(C)c2ccccc2N(c2cccc(-c3ccccn3)c2)c2cc3c(cc21)C(C)(C)c1ccccc1N3c1ccccn1.[Pd+2]. The van der Waals surface area contributed by atoms with E-state index in [1.54, 1.807) is 0 Å². The number of nitrogens with zero attached hydrogens (tertiary/aromatic N) is 8. The standard InChI is InChI=1S/C40H34N4.C40H32N4.Pd/c2*1-39(2)29-16-5-7-19-34(29)43(28-15-13-14-27(24-28)33-18-9-11-22-41-33)36-26-37-32(25-31(36)39)40(3,4)30-17-6-8-20-35(30)44(37)38-21-10-12-23-42-38;/h5-26H,1-4H3;5-23,25H,1-4H3;/q;-2;+2. The van der Waals surface area contributed by atoms with E-state index in [4.69, 9.17) is 9.97 Å². The summed E-state index contributed by atoms with van der Waals surface area (Å²) >= 11 is 0. The molecule has 0 saturated carbocycles. The van der Waals surface area contributed by atoms with Crippen molar-refractivity contribution in [2.75, 3.05) is 19.6 Å². The Kier molecular flexibility index (Phi) is 14.0. The predicted molar refractivity (Wildman–Crippen MR) is 360 cm³/mol. The average molecular weight is 1250 g/mol. The van der Waals surface area contributed by atoms with Crippen LogP contribution >= 0.6 is 0 Å². The van der Waals surface area contributed by atoms with Crippen LogP contribution in [0.1, 0.15) is 99.9 Å². The van der Waals surface area contributed by atoms with E-state index in [2.05, 4.69) is 279 Å². The number of fused-ring (bicyclic) bond motifs is 8. The molecular formula is C80H66N8Pd.